The fourth-order valence-corrected chi connectivity index (χ4v) is 0.843. The van der Waals surface area contributed by atoms with Crippen LogP contribution in [0.5, 0.6) is 0 Å². The van der Waals surface area contributed by atoms with Gasteiger partial charge in [0.1, 0.15) is 0 Å². The van der Waals surface area contributed by atoms with Crippen LogP contribution in [0.2, 0.25) is 0 Å². The summed E-state index contributed by atoms with van der Waals surface area (Å²) >= 11 is 0. The Bertz CT molecular complexity index is 308. The Hall–Kier alpha value is -1.65. The third kappa shape index (κ3) is 2.14. The number of carbonyl (C=O) groups excluding carboxylic acids is 1. The summed E-state index contributed by atoms with van der Waals surface area (Å²) in [5.74, 6) is -0.578. The highest BCUT2D eigenvalue weighted by Gasteiger charge is 2.08. The second kappa shape index (κ2) is 3.84. The van der Waals surface area contributed by atoms with Gasteiger partial charge in [-0.3, -0.25) is 10.3 Å². The normalized spacial score (nSPS) is 9.46. The number of aromatic nitrogens is 1. The number of nitrogens with zero attached hydrogens (tertiary/aromatic N) is 1. The molecule has 1 amide bonds. The predicted molar refractivity (Wildman–Crippen MR) is 45.0 cm³/mol. The van der Waals surface area contributed by atoms with Gasteiger partial charge in [0.05, 0.1) is 19.0 Å². The first-order valence-electron chi connectivity index (χ1n) is 3.60. The Kier molecular flexibility index (Phi) is 2.79. The third-order valence-corrected chi connectivity index (χ3v) is 1.50. The summed E-state index contributed by atoms with van der Waals surface area (Å²) < 4.78 is 17.3. The van der Waals surface area contributed by atoms with E-state index in [1.807, 2.05) is 0 Å². The lowest BCUT2D eigenvalue weighted by molar-refractivity contribution is 0.186. The number of methoxy groups -OCH3 is 1. The molecule has 0 unspecified atom stereocenters. The van der Waals surface area contributed by atoms with Crippen LogP contribution in [0.1, 0.15) is 5.56 Å². The molecule has 1 heterocycles. The number of carbonyl (C=O) groups is 1. The van der Waals surface area contributed by atoms with Gasteiger partial charge in [-0.05, 0) is 12.5 Å². The minimum Gasteiger partial charge on any atom is -0.453 e. The molecule has 0 aliphatic heterocycles. The summed E-state index contributed by atoms with van der Waals surface area (Å²) in [4.78, 5) is 14.4. The average molecular weight is 184 g/mol. The molecule has 0 aromatic carbocycles. The first kappa shape index (κ1) is 9.44. The Balaban J connectivity index is 2.93. The standard InChI is InChI=1S/C8H9FN2O2/c1-5-3-10-4-6(9)7(5)11-8(12)13-2/h3-4H,1-2H3,(H,10,11,12). The number of pyridine rings is 1. The van der Waals surface area contributed by atoms with E-state index in [0.717, 1.165) is 6.20 Å². The molecule has 0 saturated carbocycles. The van der Waals surface area contributed by atoms with Crippen LogP contribution in [0.25, 0.3) is 0 Å². The number of ether oxygens (including phenoxy) is 1. The maximum Gasteiger partial charge on any atom is 0.411 e. The summed E-state index contributed by atoms with van der Waals surface area (Å²) in [5, 5.41) is 2.25. The van der Waals surface area contributed by atoms with E-state index in [2.05, 4.69) is 15.0 Å². The zero-order valence-electron chi connectivity index (χ0n) is 7.30. The topological polar surface area (TPSA) is 51.2 Å². The van der Waals surface area contributed by atoms with Crippen molar-refractivity contribution in [1.29, 1.82) is 0 Å². The molecule has 1 aromatic heterocycles. The molecule has 0 bridgehead atoms. The van der Waals surface area contributed by atoms with Crippen LogP contribution in [-0.4, -0.2) is 18.2 Å². The Morgan fingerprint density at radius 3 is 2.85 bits per heavy atom. The van der Waals surface area contributed by atoms with Gasteiger partial charge in [-0.25, -0.2) is 9.18 Å². The van der Waals surface area contributed by atoms with E-state index in [9.17, 15) is 9.18 Å². The van der Waals surface area contributed by atoms with Crippen molar-refractivity contribution in [3.05, 3.63) is 23.8 Å². The quantitative estimate of drug-likeness (QED) is 0.722. The molecular weight excluding hydrogens is 175 g/mol. The van der Waals surface area contributed by atoms with Gasteiger partial charge >= 0.3 is 6.09 Å². The molecular formula is C8H9FN2O2. The zero-order chi connectivity index (χ0) is 9.84. The van der Waals surface area contributed by atoms with Crippen LogP contribution < -0.4 is 5.32 Å². The summed E-state index contributed by atoms with van der Waals surface area (Å²) in [7, 11) is 1.21. The van der Waals surface area contributed by atoms with Gasteiger partial charge in [-0.1, -0.05) is 0 Å². The minimum atomic E-state index is -0.701. The highest BCUT2D eigenvalue weighted by atomic mass is 19.1. The van der Waals surface area contributed by atoms with E-state index < -0.39 is 11.9 Å². The lowest BCUT2D eigenvalue weighted by Crippen LogP contribution is -2.13. The van der Waals surface area contributed by atoms with Crippen molar-refractivity contribution < 1.29 is 13.9 Å². The molecule has 1 rings (SSSR count). The maximum atomic E-state index is 13.0. The van der Waals surface area contributed by atoms with Gasteiger partial charge in [0.2, 0.25) is 0 Å². The highest BCUT2D eigenvalue weighted by molar-refractivity contribution is 5.85. The average Bonchev–Trinajstić information content (AvgIpc) is 2.11. The van der Waals surface area contributed by atoms with Gasteiger partial charge in [0.25, 0.3) is 0 Å². The fourth-order valence-electron chi connectivity index (χ4n) is 0.843. The van der Waals surface area contributed by atoms with E-state index in [1.165, 1.54) is 13.3 Å². The number of hydrogen-bond acceptors (Lipinski definition) is 3. The predicted octanol–water partition coefficient (Wildman–Crippen LogP) is 1.71. The fraction of sp³-hybridized carbons (Fsp3) is 0.250. The van der Waals surface area contributed by atoms with E-state index >= 15 is 0 Å². The number of anilines is 1. The Labute approximate surface area is 74.7 Å². The van der Waals surface area contributed by atoms with Crippen LogP contribution in [0.15, 0.2) is 12.4 Å². The monoisotopic (exact) mass is 184 g/mol. The van der Waals surface area contributed by atoms with Crippen molar-refractivity contribution in [3.63, 3.8) is 0 Å². The Morgan fingerprint density at radius 2 is 2.31 bits per heavy atom. The van der Waals surface area contributed by atoms with Crippen LogP contribution in [0.3, 0.4) is 0 Å². The van der Waals surface area contributed by atoms with Crippen LogP contribution >= 0.6 is 0 Å². The number of rotatable bonds is 1. The summed E-state index contributed by atoms with van der Waals surface area (Å²) in [6, 6.07) is 0. The molecule has 0 atom stereocenters. The minimum absolute atomic E-state index is 0.0989. The molecule has 0 saturated heterocycles. The number of aryl methyl sites for hydroxylation is 1. The molecule has 4 nitrogen and oxygen atoms in total. The Morgan fingerprint density at radius 1 is 1.62 bits per heavy atom. The first-order valence-corrected chi connectivity index (χ1v) is 3.60. The van der Waals surface area contributed by atoms with Crippen LogP contribution in [0, 0.1) is 12.7 Å². The van der Waals surface area contributed by atoms with E-state index in [4.69, 9.17) is 0 Å². The maximum absolute atomic E-state index is 13.0. The smallest absolute Gasteiger partial charge is 0.411 e. The molecule has 0 spiro atoms. The third-order valence-electron chi connectivity index (χ3n) is 1.50. The SMILES string of the molecule is COC(=O)Nc1c(C)cncc1F. The van der Waals surface area contributed by atoms with Crippen molar-refractivity contribution in [1.82, 2.24) is 4.98 Å². The first-order chi connectivity index (χ1) is 6.15. The largest absolute Gasteiger partial charge is 0.453 e. The van der Waals surface area contributed by atoms with E-state index in [1.54, 1.807) is 6.92 Å². The van der Waals surface area contributed by atoms with Crippen LogP contribution in [-0.2, 0) is 4.74 Å². The molecule has 70 valence electrons. The summed E-state index contributed by atoms with van der Waals surface area (Å²) in [6.45, 7) is 1.64. The van der Waals surface area contributed by atoms with Crippen molar-refractivity contribution in [2.75, 3.05) is 12.4 Å². The van der Waals surface area contributed by atoms with Crippen molar-refractivity contribution in [2.45, 2.75) is 6.92 Å². The van der Waals surface area contributed by atoms with Gasteiger partial charge in [-0.15, -0.1) is 0 Å². The number of hydrogen-bond donors (Lipinski definition) is 1. The van der Waals surface area contributed by atoms with Gasteiger partial charge < -0.3 is 4.74 Å². The van der Waals surface area contributed by atoms with Crippen molar-refractivity contribution in [2.24, 2.45) is 0 Å². The number of halogens is 1. The second-order valence-electron chi connectivity index (χ2n) is 2.43. The molecule has 1 aromatic rings. The molecule has 1 N–H and O–H groups in total. The van der Waals surface area contributed by atoms with Crippen molar-refractivity contribution in [3.8, 4) is 0 Å². The summed E-state index contributed by atoms with van der Waals surface area (Å²) in [6.07, 6.45) is 1.78. The molecule has 0 radical (unpaired) electrons. The molecule has 0 aliphatic carbocycles. The van der Waals surface area contributed by atoms with E-state index in [0.29, 0.717) is 5.56 Å². The van der Waals surface area contributed by atoms with Gasteiger partial charge in [0, 0.05) is 6.20 Å². The number of amides is 1. The van der Waals surface area contributed by atoms with Crippen molar-refractivity contribution >= 4 is 11.8 Å². The highest BCUT2D eigenvalue weighted by Crippen LogP contribution is 2.16. The lowest BCUT2D eigenvalue weighted by Gasteiger charge is -2.06. The molecule has 5 heteroatoms. The van der Waals surface area contributed by atoms with Gasteiger partial charge in [0.15, 0.2) is 5.82 Å². The molecule has 0 aliphatic rings. The van der Waals surface area contributed by atoms with Gasteiger partial charge in [-0.2, -0.15) is 0 Å². The zero-order valence-corrected chi connectivity index (χ0v) is 7.30. The summed E-state index contributed by atoms with van der Waals surface area (Å²) in [5.41, 5.74) is 0.646. The van der Waals surface area contributed by atoms with Crippen LogP contribution in [0.4, 0.5) is 14.9 Å². The van der Waals surface area contributed by atoms with E-state index in [-0.39, 0.29) is 5.69 Å². The molecule has 0 fully saturated rings. The lowest BCUT2D eigenvalue weighted by atomic mass is 10.2. The molecule has 13 heavy (non-hydrogen) atoms. The second-order valence-corrected chi connectivity index (χ2v) is 2.43. The number of nitrogens with one attached hydrogen (secondary N) is 1.